The van der Waals surface area contributed by atoms with Gasteiger partial charge in [-0.2, -0.15) is 5.26 Å². The number of carbonyl (C=O) groups excluding carboxylic acids is 1. The molecule has 1 aliphatic rings. The van der Waals surface area contributed by atoms with Crippen LogP contribution < -0.4 is 4.90 Å². The minimum Gasteiger partial charge on any atom is -0.314 e. The summed E-state index contributed by atoms with van der Waals surface area (Å²) in [5.74, 6) is -0.115. The highest BCUT2D eigenvalue weighted by molar-refractivity contribution is 6.00. The average molecular weight is 201 g/mol. The third-order valence-electron chi connectivity index (χ3n) is 2.73. The van der Waals surface area contributed by atoms with Crippen molar-refractivity contribution >= 4 is 11.6 Å². The summed E-state index contributed by atoms with van der Waals surface area (Å²) in [6, 6.07) is 5.61. The normalized spacial score (nSPS) is 16.5. The number of anilines is 1. The summed E-state index contributed by atoms with van der Waals surface area (Å²) in [4.78, 5) is 17.3. The zero-order valence-electron chi connectivity index (χ0n) is 8.47. The van der Waals surface area contributed by atoms with Crippen molar-refractivity contribution < 1.29 is 4.79 Å². The van der Waals surface area contributed by atoms with Crippen molar-refractivity contribution in [3.63, 3.8) is 0 Å². The van der Waals surface area contributed by atoms with Crippen molar-refractivity contribution in [3.05, 3.63) is 24.5 Å². The van der Waals surface area contributed by atoms with E-state index in [0.717, 1.165) is 5.69 Å². The molecule has 4 nitrogen and oxygen atoms in total. The highest BCUT2D eigenvalue weighted by Gasteiger charge is 2.52. The molecule has 76 valence electrons. The average Bonchev–Trinajstić information content (AvgIpc) is 3.09. The lowest BCUT2D eigenvalue weighted by molar-refractivity contribution is -0.121. The van der Waals surface area contributed by atoms with E-state index in [-0.39, 0.29) is 5.91 Å². The molecule has 0 aliphatic heterocycles. The largest absolute Gasteiger partial charge is 0.314 e. The topological polar surface area (TPSA) is 57.0 Å². The van der Waals surface area contributed by atoms with Gasteiger partial charge in [0, 0.05) is 25.1 Å². The van der Waals surface area contributed by atoms with Crippen molar-refractivity contribution in [2.45, 2.75) is 12.8 Å². The number of nitriles is 1. The molecule has 0 saturated heterocycles. The van der Waals surface area contributed by atoms with Gasteiger partial charge in [-0.1, -0.05) is 0 Å². The summed E-state index contributed by atoms with van der Waals surface area (Å²) in [5.41, 5.74) is 0.0226. The number of hydrogen-bond donors (Lipinski definition) is 0. The molecule has 1 aliphatic carbocycles. The lowest BCUT2D eigenvalue weighted by Gasteiger charge is -2.19. The van der Waals surface area contributed by atoms with Crippen molar-refractivity contribution in [3.8, 4) is 6.07 Å². The molecule has 1 saturated carbocycles. The van der Waals surface area contributed by atoms with Gasteiger partial charge in [0.15, 0.2) is 0 Å². The summed E-state index contributed by atoms with van der Waals surface area (Å²) >= 11 is 0. The molecule has 2 rings (SSSR count). The van der Waals surface area contributed by atoms with Crippen LogP contribution in [0.15, 0.2) is 24.5 Å². The molecule has 1 aromatic heterocycles. The van der Waals surface area contributed by atoms with E-state index in [1.807, 2.05) is 0 Å². The van der Waals surface area contributed by atoms with Gasteiger partial charge >= 0.3 is 0 Å². The Bertz CT molecular complexity index is 417. The Morgan fingerprint density at radius 1 is 1.53 bits per heavy atom. The second-order valence-electron chi connectivity index (χ2n) is 3.76. The molecule has 1 amide bonds. The Morgan fingerprint density at radius 2 is 2.13 bits per heavy atom. The van der Waals surface area contributed by atoms with Crippen molar-refractivity contribution in [1.29, 1.82) is 5.26 Å². The van der Waals surface area contributed by atoms with Crippen molar-refractivity contribution in [1.82, 2.24) is 4.98 Å². The van der Waals surface area contributed by atoms with Gasteiger partial charge in [0.1, 0.15) is 5.41 Å². The lowest BCUT2D eigenvalue weighted by Crippen LogP contribution is -2.33. The van der Waals surface area contributed by atoms with E-state index in [2.05, 4.69) is 11.1 Å². The maximum Gasteiger partial charge on any atom is 0.247 e. The fourth-order valence-electron chi connectivity index (χ4n) is 1.50. The third kappa shape index (κ3) is 1.57. The van der Waals surface area contributed by atoms with Gasteiger partial charge in [-0.15, -0.1) is 0 Å². The Kier molecular flexibility index (Phi) is 2.16. The van der Waals surface area contributed by atoms with Gasteiger partial charge in [0.05, 0.1) is 6.07 Å². The van der Waals surface area contributed by atoms with E-state index in [0.29, 0.717) is 12.8 Å². The first-order chi connectivity index (χ1) is 7.19. The molecule has 0 aromatic carbocycles. The number of aromatic nitrogens is 1. The molecule has 0 spiro atoms. The Morgan fingerprint density at radius 3 is 2.60 bits per heavy atom. The zero-order valence-corrected chi connectivity index (χ0v) is 8.47. The first-order valence-corrected chi connectivity index (χ1v) is 4.79. The fraction of sp³-hybridized carbons (Fsp3) is 0.364. The summed E-state index contributed by atoms with van der Waals surface area (Å²) in [7, 11) is 1.69. The number of rotatable bonds is 2. The van der Waals surface area contributed by atoms with Crippen LogP contribution in [0, 0.1) is 16.7 Å². The molecule has 0 atom stereocenters. The molecule has 15 heavy (non-hydrogen) atoms. The van der Waals surface area contributed by atoms with E-state index in [9.17, 15) is 4.79 Å². The summed E-state index contributed by atoms with van der Waals surface area (Å²) in [6.45, 7) is 0. The van der Waals surface area contributed by atoms with E-state index in [1.54, 1.807) is 31.6 Å². The minimum absolute atomic E-state index is 0.115. The number of hydrogen-bond acceptors (Lipinski definition) is 3. The smallest absolute Gasteiger partial charge is 0.247 e. The predicted octanol–water partition coefficient (Wildman–Crippen LogP) is 1.35. The van der Waals surface area contributed by atoms with Crippen LogP contribution in [-0.2, 0) is 4.79 Å². The van der Waals surface area contributed by atoms with Crippen molar-refractivity contribution in [2.24, 2.45) is 5.41 Å². The molecule has 4 heteroatoms. The minimum atomic E-state index is -0.752. The standard InChI is InChI=1S/C11H11N3O/c1-14(9-2-6-13-7-3-9)10(15)11(8-12)4-5-11/h2-3,6-7H,4-5H2,1H3. The van der Waals surface area contributed by atoms with Crippen LogP contribution in [0.3, 0.4) is 0 Å². The van der Waals surface area contributed by atoms with Crippen LogP contribution in [-0.4, -0.2) is 17.9 Å². The Balaban J connectivity index is 2.20. The van der Waals surface area contributed by atoms with E-state index < -0.39 is 5.41 Å². The van der Waals surface area contributed by atoms with Crippen LogP contribution in [0.2, 0.25) is 0 Å². The fourth-order valence-corrected chi connectivity index (χ4v) is 1.50. The SMILES string of the molecule is CN(C(=O)C1(C#N)CC1)c1ccncc1. The van der Waals surface area contributed by atoms with E-state index in [1.165, 1.54) is 4.90 Å². The first-order valence-electron chi connectivity index (χ1n) is 4.79. The highest BCUT2D eigenvalue weighted by Crippen LogP contribution is 2.46. The molecule has 0 radical (unpaired) electrons. The number of nitrogens with zero attached hydrogens (tertiary/aromatic N) is 3. The van der Waals surface area contributed by atoms with Crippen LogP contribution in [0.1, 0.15) is 12.8 Å². The predicted molar refractivity (Wildman–Crippen MR) is 54.9 cm³/mol. The number of pyridine rings is 1. The molecular weight excluding hydrogens is 190 g/mol. The first kappa shape index (κ1) is 9.66. The summed E-state index contributed by atoms with van der Waals surface area (Å²) < 4.78 is 0. The van der Waals surface area contributed by atoms with Gasteiger partial charge < -0.3 is 4.90 Å². The van der Waals surface area contributed by atoms with E-state index in [4.69, 9.17) is 5.26 Å². The molecule has 0 N–H and O–H groups in total. The molecule has 1 aromatic rings. The Hall–Kier alpha value is -1.89. The molecule has 0 bridgehead atoms. The van der Waals surface area contributed by atoms with Gasteiger partial charge in [-0.05, 0) is 25.0 Å². The van der Waals surface area contributed by atoms with Crippen molar-refractivity contribution in [2.75, 3.05) is 11.9 Å². The van der Waals surface area contributed by atoms with Crippen LogP contribution >= 0.6 is 0 Å². The quantitative estimate of drug-likeness (QED) is 0.725. The second-order valence-corrected chi connectivity index (χ2v) is 3.76. The number of carbonyl (C=O) groups is 1. The Labute approximate surface area is 88.1 Å². The second kappa shape index (κ2) is 3.35. The maximum atomic E-state index is 11.9. The molecule has 1 fully saturated rings. The van der Waals surface area contributed by atoms with E-state index >= 15 is 0 Å². The van der Waals surface area contributed by atoms with Gasteiger partial charge in [-0.3, -0.25) is 9.78 Å². The number of amides is 1. The summed E-state index contributed by atoms with van der Waals surface area (Å²) in [5, 5.41) is 8.91. The zero-order chi connectivity index (χ0) is 10.9. The highest BCUT2D eigenvalue weighted by atomic mass is 16.2. The van der Waals surface area contributed by atoms with Gasteiger partial charge in [0.25, 0.3) is 0 Å². The van der Waals surface area contributed by atoms with Crippen LogP contribution in [0.5, 0.6) is 0 Å². The third-order valence-corrected chi connectivity index (χ3v) is 2.73. The van der Waals surface area contributed by atoms with Crippen LogP contribution in [0.25, 0.3) is 0 Å². The molecule has 1 heterocycles. The van der Waals surface area contributed by atoms with Crippen LogP contribution in [0.4, 0.5) is 5.69 Å². The summed E-state index contributed by atoms with van der Waals surface area (Å²) in [6.07, 6.45) is 4.62. The maximum absolute atomic E-state index is 11.9. The monoisotopic (exact) mass is 201 g/mol. The molecular formula is C11H11N3O. The van der Waals surface area contributed by atoms with Gasteiger partial charge in [-0.25, -0.2) is 0 Å². The van der Waals surface area contributed by atoms with Gasteiger partial charge in [0.2, 0.25) is 5.91 Å². The lowest BCUT2D eigenvalue weighted by atomic mass is 10.1. The molecule has 0 unspecified atom stereocenters.